The highest BCUT2D eigenvalue weighted by Crippen LogP contribution is 2.48. The van der Waals surface area contributed by atoms with Crippen molar-refractivity contribution in [1.29, 1.82) is 0 Å². The number of rotatable bonds is 4. The van der Waals surface area contributed by atoms with Gasteiger partial charge < -0.3 is 5.32 Å². The van der Waals surface area contributed by atoms with Gasteiger partial charge in [-0.15, -0.1) is 11.3 Å². The Labute approximate surface area is 130 Å². The summed E-state index contributed by atoms with van der Waals surface area (Å²) in [5.41, 5.74) is 1.83. The molecular formula is C16H26BrNS. The second-order valence-corrected chi connectivity index (χ2v) is 8.88. The zero-order valence-electron chi connectivity index (χ0n) is 12.6. The fourth-order valence-corrected chi connectivity index (χ4v) is 5.15. The van der Waals surface area contributed by atoms with Crippen molar-refractivity contribution in [3.8, 4) is 0 Å². The molecule has 1 N–H and O–H groups in total. The van der Waals surface area contributed by atoms with Crippen molar-refractivity contribution in [3.63, 3.8) is 0 Å². The van der Waals surface area contributed by atoms with Crippen LogP contribution in [-0.4, -0.2) is 6.54 Å². The first-order valence-corrected chi connectivity index (χ1v) is 9.06. The van der Waals surface area contributed by atoms with Gasteiger partial charge in [0.25, 0.3) is 0 Å². The molecule has 0 bridgehead atoms. The second kappa shape index (κ2) is 6.28. The molecule has 0 spiro atoms. The summed E-state index contributed by atoms with van der Waals surface area (Å²) in [5.74, 6) is 0.756. The summed E-state index contributed by atoms with van der Waals surface area (Å²) in [6, 6.07) is 2.89. The maximum absolute atomic E-state index is 3.75. The maximum Gasteiger partial charge on any atom is 0.0731 e. The lowest BCUT2D eigenvalue weighted by atomic mass is 9.65. The van der Waals surface area contributed by atoms with Crippen LogP contribution in [0.5, 0.6) is 0 Å². The quantitative estimate of drug-likeness (QED) is 0.740. The van der Waals surface area contributed by atoms with Crippen LogP contribution in [0.15, 0.2) is 9.85 Å². The number of aryl methyl sites for hydroxylation is 1. The molecule has 0 aliphatic heterocycles. The van der Waals surface area contributed by atoms with Crippen LogP contribution in [0.2, 0.25) is 0 Å². The van der Waals surface area contributed by atoms with Gasteiger partial charge in [0.05, 0.1) is 3.79 Å². The van der Waals surface area contributed by atoms with Crippen LogP contribution in [0.4, 0.5) is 0 Å². The number of halogens is 1. The lowest BCUT2D eigenvalue weighted by Crippen LogP contribution is -2.38. The number of thiophene rings is 1. The van der Waals surface area contributed by atoms with Gasteiger partial charge in [-0.25, -0.2) is 0 Å². The fourth-order valence-electron chi connectivity index (χ4n) is 3.44. The Hall–Kier alpha value is 0.140. The summed E-state index contributed by atoms with van der Waals surface area (Å²) >= 11 is 5.59. The summed E-state index contributed by atoms with van der Waals surface area (Å²) in [7, 11) is 0. The van der Waals surface area contributed by atoms with Crippen LogP contribution in [0, 0.1) is 18.3 Å². The largest absolute Gasteiger partial charge is 0.309 e. The van der Waals surface area contributed by atoms with Crippen LogP contribution in [0.1, 0.15) is 62.9 Å². The van der Waals surface area contributed by atoms with Gasteiger partial charge in [-0.3, -0.25) is 0 Å². The van der Waals surface area contributed by atoms with Crippen LogP contribution < -0.4 is 5.32 Å². The minimum Gasteiger partial charge on any atom is -0.309 e. The van der Waals surface area contributed by atoms with E-state index < -0.39 is 0 Å². The van der Waals surface area contributed by atoms with Crippen LogP contribution in [-0.2, 0) is 0 Å². The van der Waals surface area contributed by atoms with Crippen LogP contribution >= 0.6 is 27.3 Å². The summed E-state index contributed by atoms with van der Waals surface area (Å²) in [5, 5.41) is 3.75. The maximum atomic E-state index is 3.75. The van der Waals surface area contributed by atoms with Crippen molar-refractivity contribution in [3.05, 3.63) is 20.3 Å². The van der Waals surface area contributed by atoms with E-state index in [9.17, 15) is 0 Å². The summed E-state index contributed by atoms with van der Waals surface area (Å²) in [6.45, 7) is 10.4. The zero-order valence-corrected chi connectivity index (χ0v) is 15.0. The molecule has 0 amide bonds. The molecule has 1 aromatic heterocycles. The Morgan fingerprint density at radius 2 is 2.21 bits per heavy atom. The monoisotopic (exact) mass is 343 g/mol. The van der Waals surface area contributed by atoms with Crippen LogP contribution in [0.25, 0.3) is 0 Å². The SMILES string of the molecule is CCNC(c1cc(C)c(Br)s1)C1CCCCC1(C)C. The second-order valence-electron chi connectivity index (χ2n) is 6.48. The molecule has 108 valence electrons. The van der Waals surface area contributed by atoms with E-state index in [0.717, 1.165) is 12.5 Å². The molecular weight excluding hydrogens is 318 g/mol. The third-order valence-corrected chi connectivity index (χ3v) is 6.82. The molecule has 19 heavy (non-hydrogen) atoms. The van der Waals surface area contributed by atoms with Gasteiger partial charge in [-0.1, -0.05) is 33.6 Å². The van der Waals surface area contributed by atoms with Crippen molar-refractivity contribution in [2.45, 2.75) is 59.4 Å². The molecule has 2 rings (SSSR count). The third-order valence-electron chi connectivity index (χ3n) is 4.60. The van der Waals surface area contributed by atoms with E-state index in [1.807, 2.05) is 11.3 Å². The van der Waals surface area contributed by atoms with E-state index in [-0.39, 0.29) is 0 Å². The summed E-state index contributed by atoms with van der Waals surface area (Å²) < 4.78 is 1.29. The summed E-state index contributed by atoms with van der Waals surface area (Å²) in [6.07, 6.45) is 5.52. The first-order chi connectivity index (χ1) is 8.95. The first-order valence-electron chi connectivity index (χ1n) is 7.45. The van der Waals surface area contributed by atoms with Crippen molar-refractivity contribution in [2.75, 3.05) is 6.54 Å². The Balaban J connectivity index is 2.28. The molecule has 2 unspecified atom stereocenters. The van der Waals surface area contributed by atoms with Gasteiger partial charge in [0.15, 0.2) is 0 Å². The molecule has 1 aliphatic rings. The standard InChI is InChI=1S/C16H26BrNS/c1-5-18-14(13-10-11(2)15(17)19-13)12-8-6-7-9-16(12,3)4/h10,12,14,18H,5-9H2,1-4H3. The van der Waals surface area contributed by atoms with Gasteiger partial charge in [0, 0.05) is 10.9 Å². The molecule has 3 heteroatoms. The van der Waals surface area contributed by atoms with E-state index in [0.29, 0.717) is 11.5 Å². The Kier molecular flexibility index (Phi) is 5.13. The molecule has 1 nitrogen and oxygen atoms in total. The van der Waals surface area contributed by atoms with E-state index in [1.54, 1.807) is 0 Å². The molecule has 1 fully saturated rings. The molecule has 0 aromatic carbocycles. The highest BCUT2D eigenvalue weighted by Gasteiger charge is 2.38. The van der Waals surface area contributed by atoms with Crippen LogP contribution in [0.3, 0.4) is 0 Å². The topological polar surface area (TPSA) is 12.0 Å². The highest BCUT2D eigenvalue weighted by molar-refractivity contribution is 9.11. The predicted octanol–water partition coefficient (Wildman–Crippen LogP) is 5.69. The number of hydrogen-bond donors (Lipinski definition) is 1. The van der Waals surface area contributed by atoms with Crippen molar-refractivity contribution in [2.24, 2.45) is 11.3 Å². The average Bonchev–Trinajstić information content (AvgIpc) is 2.67. The molecule has 1 saturated carbocycles. The summed E-state index contributed by atoms with van der Waals surface area (Å²) in [4.78, 5) is 1.51. The highest BCUT2D eigenvalue weighted by atomic mass is 79.9. The minimum absolute atomic E-state index is 0.454. The van der Waals surface area contributed by atoms with Gasteiger partial charge in [0.1, 0.15) is 0 Å². The van der Waals surface area contributed by atoms with Gasteiger partial charge in [0.2, 0.25) is 0 Å². The fraction of sp³-hybridized carbons (Fsp3) is 0.750. The zero-order chi connectivity index (χ0) is 14.0. The third kappa shape index (κ3) is 3.43. The lowest BCUT2D eigenvalue weighted by Gasteiger charge is -2.43. The van der Waals surface area contributed by atoms with E-state index in [4.69, 9.17) is 0 Å². The van der Waals surface area contributed by atoms with E-state index in [1.165, 1.54) is 39.9 Å². The molecule has 1 aliphatic carbocycles. The normalized spacial score (nSPS) is 24.4. The lowest BCUT2D eigenvalue weighted by molar-refractivity contribution is 0.100. The first kappa shape index (κ1) is 15.5. The van der Waals surface area contributed by atoms with Gasteiger partial charge in [-0.2, -0.15) is 0 Å². The van der Waals surface area contributed by atoms with E-state index >= 15 is 0 Å². The van der Waals surface area contributed by atoms with Crippen molar-refractivity contribution in [1.82, 2.24) is 5.32 Å². The molecule has 0 saturated heterocycles. The number of nitrogens with one attached hydrogen (secondary N) is 1. The Morgan fingerprint density at radius 1 is 1.47 bits per heavy atom. The van der Waals surface area contributed by atoms with E-state index in [2.05, 4.69) is 55.0 Å². The molecule has 1 aromatic rings. The molecule has 1 heterocycles. The smallest absolute Gasteiger partial charge is 0.0731 e. The molecule has 2 atom stereocenters. The minimum atomic E-state index is 0.454. The van der Waals surface area contributed by atoms with Gasteiger partial charge in [-0.05, 0) is 65.2 Å². The van der Waals surface area contributed by atoms with Crippen molar-refractivity contribution < 1.29 is 0 Å². The molecule has 0 radical (unpaired) electrons. The van der Waals surface area contributed by atoms with Crippen molar-refractivity contribution >= 4 is 27.3 Å². The van der Waals surface area contributed by atoms with Gasteiger partial charge >= 0.3 is 0 Å². The Morgan fingerprint density at radius 3 is 2.74 bits per heavy atom. The predicted molar refractivity (Wildman–Crippen MR) is 88.9 cm³/mol. The Bertz CT molecular complexity index is 405. The average molecular weight is 344 g/mol. The number of hydrogen-bond acceptors (Lipinski definition) is 2.